The molecular formula is C12H10ClN3O3. The fraction of sp³-hybridized carbons (Fsp3) is 0.0833. The summed E-state index contributed by atoms with van der Waals surface area (Å²) in [5, 5.41) is 12.4. The SMILES string of the molecule is COc1ccc(C(=O)Nc2cc(Cl)ncn2)cc1O. The summed E-state index contributed by atoms with van der Waals surface area (Å²) < 4.78 is 4.89. The molecule has 0 atom stereocenters. The van der Waals surface area contributed by atoms with Gasteiger partial charge in [0.15, 0.2) is 11.5 Å². The second kappa shape index (κ2) is 5.53. The number of hydrogen-bond acceptors (Lipinski definition) is 5. The van der Waals surface area contributed by atoms with Gasteiger partial charge in [-0.3, -0.25) is 4.79 Å². The molecule has 2 rings (SSSR count). The number of phenolic OH excluding ortho intramolecular Hbond substituents is 1. The normalized spacial score (nSPS) is 10.0. The molecule has 6 nitrogen and oxygen atoms in total. The lowest BCUT2D eigenvalue weighted by Crippen LogP contribution is -2.13. The van der Waals surface area contributed by atoms with Gasteiger partial charge < -0.3 is 15.2 Å². The van der Waals surface area contributed by atoms with E-state index in [1.807, 2.05) is 0 Å². The van der Waals surface area contributed by atoms with Gasteiger partial charge in [-0.1, -0.05) is 11.6 Å². The van der Waals surface area contributed by atoms with Gasteiger partial charge in [0.05, 0.1) is 7.11 Å². The summed E-state index contributed by atoms with van der Waals surface area (Å²) in [6, 6.07) is 5.74. The Balaban J connectivity index is 2.18. The van der Waals surface area contributed by atoms with E-state index in [0.717, 1.165) is 0 Å². The average Bonchev–Trinajstić information content (AvgIpc) is 2.38. The highest BCUT2D eigenvalue weighted by Crippen LogP contribution is 2.26. The topological polar surface area (TPSA) is 84.3 Å². The zero-order valence-corrected chi connectivity index (χ0v) is 10.7. The first-order valence-electron chi connectivity index (χ1n) is 5.26. The molecule has 0 fully saturated rings. The monoisotopic (exact) mass is 279 g/mol. The minimum atomic E-state index is -0.423. The summed E-state index contributed by atoms with van der Waals surface area (Å²) >= 11 is 5.68. The number of methoxy groups -OCH3 is 1. The van der Waals surface area contributed by atoms with Crippen LogP contribution < -0.4 is 10.1 Å². The Kier molecular flexibility index (Phi) is 3.82. The number of rotatable bonds is 3. The van der Waals surface area contributed by atoms with E-state index in [4.69, 9.17) is 16.3 Å². The summed E-state index contributed by atoms with van der Waals surface area (Å²) in [6.07, 6.45) is 1.24. The van der Waals surface area contributed by atoms with Crippen molar-refractivity contribution in [3.63, 3.8) is 0 Å². The summed E-state index contributed by atoms with van der Waals surface area (Å²) in [6.45, 7) is 0. The number of phenols is 1. The Labute approximate surface area is 114 Å². The van der Waals surface area contributed by atoms with Gasteiger partial charge in [0, 0.05) is 11.6 Å². The molecular weight excluding hydrogens is 270 g/mol. The number of amides is 1. The zero-order chi connectivity index (χ0) is 13.8. The molecule has 0 aliphatic rings. The van der Waals surface area contributed by atoms with Crippen molar-refractivity contribution in [3.05, 3.63) is 41.3 Å². The molecule has 7 heteroatoms. The number of ether oxygens (including phenoxy) is 1. The Bertz CT molecular complexity index is 619. The van der Waals surface area contributed by atoms with E-state index in [1.165, 1.54) is 37.7 Å². The number of hydrogen-bond donors (Lipinski definition) is 2. The van der Waals surface area contributed by atoms with Crippen molar-refractivity contribution in [1.29, 1.82) is 0 Å². The summed E-state index contributed by atoms with van der Waals surface area (Å²) in [5.74, 6) is 0.0329. The molecule has 1 aromatic heterocycles. The van der Waals surface area contributed by atoms with Crippen LogP contribution in [-0.4, -0.2) is 28.1 Å². The van der Waals surface area contributed by atoms with Gasteiger partial charge in [0.1, 0.15) is 17.3 Å². The molecule has 0 saturated heterocycles. The summed E-state index contributed by atoms with van der Waals surface area (Å²) in [4.78, 5) is 19.5. The largest absolute Gasteiger partial charge is 0.504 e. The van der Waals surface area contributed by atoms with Crippen LogP contribution >= 0.6 is 11.6 Å². The van der Waals surface area contributed by atoms with Crippen LogP contribution in [0.25, 0.3) is 0 Å². The van der Waals surface area contributed by atoms with Crippen LogP contribution in [0.1, 0.15) is 10.4 Å². The number of aromatic nitrogens is 2. The van der Waals surface area contributed by atoms with Crippen molar-refractivity contribution in [3.8, 4) is 11.5 Å². The van der Waals surface area contributed by atoms with Crippen LogP contribution in [0.3, 0.4) is 0 Å². The van der Waals surface area contributed by atoms with Crippen molar-refractivity contribution in [2.75, 3.05) is 12.4 Å². The molecule has 0 aliphatic heterocycles. The number of benzene rings is 1. The smallest absolute Gasteiger partial charge is 0.256 e. The van der Waals surface area contributed by atoms with Crippen molar-refractivity contribution >= 4 is 23.3 Å². The highest BCUT2D eigenvalue weighted by molar-refractivity contribution is 6.29. The fourth-order valence-electron chi connectivity index (χ4n) is 1.42. The third-order valence-corrected chi connectivity index (χ3v) is 2.52. The predicted octanol–water partition coefficient (Wildman–Crippen LogP) is 2.10. The number of carbonyl (C=O) groups excluding carboxylic acids is 1. The molecule has 2 aromatic rings. The Hall–Kier alpha value is -2.34. The number of halogens is 1. The minimum Gasteiger partial charge on any atom is -0.504 e. The van der Waals surface area contributed by atoms with Gasteiger partial charge >= 0.3 is 0 Å². The average molecular weight is 280 g/mol. The van der Waals surface area contributed by atoms with Gasteiger partial charge in [-0.25, -0.2) is 9.97 Å². The lowest BCUT2D eigenvalue weighted by atomic mass is 10.2. The van der Waals surface area contributed by atoms with Crippen LogP contribution in [-0.2, 0) is 0 Å². The molecule has 98 valence electrons. The van der Waals surface area contributed by atoms with E-state index < -0.39 is 5.91 Å². The van der Waals surface area contributed by atoms with Crippen molar-refractivity contribution in [1.82, 2.24) is 9.97 Å². The summed E-state index contributed by atoms with van der Waals surface area (Å²) in [5.41, 5.74) is 0.271. The number of aromatic hydroxyl groups is 1. The van der Waals surface area contributed by atoms with Crippen molar-refractivity contribution in [2.24, 2.45) is 0 Å². The van der Waals surface area contributed by atoms with E-state index in [-0.39, 0.29) is 22.3 Å². The lowest BCUT2D eigenvalue weighted by Gasteiger charge is -2.07. The zero-order valence-electron chi connectivity index (χ0n) is 9.92. The lowest BCUT2D eigenvalue weighted by molar-refractivity contribution is 0.102. The van der Waals surface area contributed by atoms with E-state index in [0.29, 0.717) is 5.75 Å². The van der Waals surface area contributed by atoms with Gasteiger partial charge in [-0.15, -0.1) is 0 Å². The molecule has 0 unspecified atom stereocenters. The molecule has 0 spiro atoms. The van der Waals surface area contributed by atoms with E-state index in [2.05, 4.69) is 15.3 Å². The van der Waals surface area contributed by atoms with E-state index in [1.54, 1.807) is 0 Å². The van der Waals surface area contributed by atoms with Gasteiger partial charge in [-0.05, 0) is 18.2 Å². The van der Waals surface area contributed by atoms with E-state index in [9.17, 15) is 9.90 Å². The maximum atomic E-state index is 11.9. The molecule has 19 heavy (non-hydrogen) atoms. The molecule has 0 bridgehead atoms. The first kappa shape index (κ1) is 13.1. The molecule has 1 heterocycles. The Morgan fingerprint density at radius 2 is 2.16 bits per heavy atom. The number of carbonyl (C=O) groups is 1. The maximum Gasteiger partial charge on any atom is 0.256 e. The third-order valence-electron chi connectivity index (χ3n) is 2.32. The second-order valence-electron chi connectivity index (χ2n) is 3.57. The van der Waals surface area contributed by atoms with Crippen LogP contribution in [0.4, 0.5) is 5.82 Å². The van der Waals surface area contributed by atoms with Gasteiger partial charge in [0.25, 0.3) is 5.91 Å². The minimum absolute atomic E-state index is 0.115. The van der Waals surface area contributed by atoms with Crippen LogP contribution in [0.5, 0.6) is 11.5 Å². The molecule has 0 radical (unpaired) electrons. The Morgan fingerprint density at radius 3 is 2.79 bits per heavy atom. The Morgan fingerprint density at radius 1 is 1.37 bits per heavy atom. The highest BCUT2D eigenvalue weighted by Gasteiger charge is 2.10. The molecule has 0 aliphatic carbocycles. The van der Waals surface area contributed by atoms with Crippen molar-refractivity contribution < 1.29 is 14.6 Å². The second-order valence-corrected chi connectivity index (χ2v) is 3.95. The highest BCUT2D eigenvalue weighted by atomic mass is 35.5. The number of nitrogens with one attached hydrogen (secondary N) is 1. The number of anilines is 1. The maximum absolute atomic E-state index is 11.9. The first-order chi connectivity index (χ1) is 9.10. The fourth-order valence-corrected chi connectivity index (χ4v) is 1.57. The molecule has 1 aromatic carbocycles. The molecule has 2 N–H and O–H groups in total. The predicted molar refractivity (Wildman–Crippen MR) is 69.7 cm³/mol. The standard InChI is InChI=1S/C12H10ClN3O3/c1-19-9-3-2-7(4-8(9)17)12(18)16-11-5-10(13)14-6-15-11/h2-6,17H,1H3,(H,14,15,16,18). The van der Waals surface area contributed by atoms with Crippen molar-refractivity contribution in [2.45, 2.75) is 0 Å². The van der Waals surface area contributed by atoms with Crippen LogP contribution in [0, 0.1) is 0 Å². The van der Waals surface area contributed by atoms with Crippen LogP contribution in [0.15, 0.2) is 30.6 Å². The first-order valence-corrected chi connectivity index (χ1v) is 5.64. The molecule has 1 amide bonds. The van der Waals surface area contributed by atoms with Gasteiger partial charge in [-0.2, -0.15) is 0 Å². The third kappa shape index (κ3) is 3.11. The number of nitrogens with zero attached hydrogens (tertiary/aromatic N) is 2. The van der Waals surface area contributed by atoms with Gasteiger partial charge in [0.2, 0.25) is 0 Å². The molecule has 0 saturated carbocycles. The van der Waals surface area contributed by atoms with E-state index >= 15 is 0 Å². The van der Waals surface area contributed by atoms with Crippen LogP contribution in [0.2, 0.25) is 5.15 Å². The summed E-state index contributed by atoms with van der Waals surface area (Å²) in [7, 11) is 1.43. The quantitative estimate of drug-likeness (QED) is 0.841.